The fourth-order valence-corrected chi connectivity index (χ4v) is 3.68. The van der Waals surface area contributed by atoms with Crippen LogP contribution in [-0.2, 0) is 0 Å². The Labute approximate surface area is 174 Å². The number of aromatic nitrogens is 4. The van der Waals surface area contributed by atoms with Gasteiger partial charge in [0.25, 0.3) is 0 Å². The summed E-state index contributed by atoms with van der Waals surface area (Å²) < 4.78 is 7.33. The van der Waals surface area contributed by atoms with Crippen molar-refractivity contribution in [3.8, 4) is 11.4 Å². The third kappa shape index (κ3) is 5.21. The van der Waals surface area contributed by atoms with Gasteiger partial charge in [0.2, 0.25) is 5.16 Å². The van der Waals surface area contributed by atoms with Crippen molar-refractivity contribution >= 4 is 17.5 Å². The number of nitrogens with zero attached hydrogens (tertiary/aromatic N) is 4. The number of Topliss-reactive ketones (excluding diaryl/α,β-unsaturated/α-hetero) is 1. The molecule has 2 aromatic carbocycles. The third-order valence-corrected chi connectivity index (χ3v) is 5.50. The van der Waals surface area contributed by atoms with Crippen LogP contribution in [0.4, 0.5) is 0 Å². The molecule has 1 atom stereocenters. The molecule has 0 saturated heterocycles. The molecule has 7 nitrogen and oxygen atoms in total. The highest BCUT2D eigenvalue weighted by Gasteiger charge is 2.15. The van der Waals surface area contributed by atoms with Crippen molar-refractivity contribution in [2.75, 3.05) is 12.4 Å². The van der Waals surface area contributed by atoms with Gasteiger partial charge in [-0.05, 0) is 59.7 Å². The summed E-state index contributed by atoms with van der Waals surface area (Å²) in [7, 11) is 0. The zero-order valence-corrected chi connectivity index (χ0v) is 17.5. The van der Waals surface area contributed by atoms with E-state index >= 15 is 0 Å². The molecule has 1 heterocycles. The van der Waals surface area contributed by atoms with Crippen LogP contribution in [0.25, 0.3) is 5.69 Å². The summed E-state index contributed by atoms with van der Waals surface area (Å²) in [6.07, 6.45) is -0.224. The van der Waals surface area contributed by atoms with E-state index in [2.05, 4.69) is 15.5 Å². The fraction of sp³-hybridized carbons (Fsp3) is 0.333. The average Bonchev–Trinajstić information content (AvgIpc) is 3.18. The zero-order valence-electron chi connectivity index (χ0n) is 16.7. The van der Waals surface area contributed by atoms with E-state index in [1.807, 2.05) is 39.0 Å². The monoisotopic (exact) mass is 412 g/mol. The third-order valence-electron chi connectivity index (χ3n) is 4.44. The Kier molecular flexibility index (Phi) is 7.00. The van der Waals surface area contributed by atoms with Crippen molar-refractivity contribution in [2.24, 2.45) is 0 Å². The van der Waals surface area contributed by atoms with Gasteiger partial charge in [-0.2, -0.15) is 4.68 Å². The summed E-state index contributed by atoms with van der Waals surface area (Å²) in [4.78, 5) is 11.7. The van der Waals surface area contributed by atoms with Crippen molar-refractivity contribution in [3.05, 3.63) is 59.2 Å². The number of hydrogen-bond donors (Lipinski definition) is 1. The van der Waals surface area contributed by atoms with Crippen LogP contribution >= 0.6 is 11.8 Å². The number of aryl methyl sites for hydroxylation is 2. The van der Waals surface area contributed by atoms with E-state index in [9.17, 15) is 9.90 Å². The Balaban J connectivity index is 1.56. The minimum absolute atomic E-state index is 0.0922. The molecular formula is C21H24N4O3S. The molecule has 8 heteroatoms. The van der Waals surface area contributed by atoms with Crippen molar-refractivity contribution in [3.63, 3.8) is 0 Å². The molecule has 152 valence electrons. The molecular weight excluding hydrogens is 388 g/mol. The van der Waals surface area contributed by atoms with Gasteiger partial charge < -0.3 is 9.84 Å². The van der Waals surface area contributed by atoms with Gasteiger partial charge in [-0.15, -0.1) is 5.10 Å². The molecule has 0 aliphatic carbocycles. The van der Waals surface area contributed by atoms with Crippen LogP contribution < -0.4 is 4.74 Å². The van der Waals surface area contributed by atoms with E-state index < -0.39 is 6.10 Å². The van der Waals surface area contributed by atoms with Gasteiger partial charge in [-0.1, -0.05) is 36.9 Å². The maximum Gasteiger partial charge on any atom is 0.214 e. The number of thioether (sulfide) groups is 1. The van der Waals surface area contributed by atoms with Crippen molar-refractivity contribution in [1.82, 2.24) is 20.2 Å². The Bertz CT molecular complexity index is 952. The summed E-state index contributed by atoms with van der Waals surface area (Å²) in [5, 5.41) is 22.9. The molecule has 29 heavy (non-hydrogen) atoms. The van der Waals surface area contributed by atoms with E-state index in [1.54, 1.807) is 28.9 Å². The SMILES string of the molecule is CCC(=O)c1ccc(OC[C@@H](O)CSc2nnnn2-c2c(C)cccc2C)cc1. The van der Waals surface area contributed by atoms with Crippen LogP contribution in [-0.4, -0.2) is 49.6 Å². The summed E-state index contributed by atoms with van der Waals surface area (Å²) in [5.41, 5.74) is 3.77. The number of aliphatic hydroxyl groups excluding tert-OH is 1. The molecule has 3 aromatic rings. The first-order valence-corrected chi connectivity index (χ1v) is 10.4. The van der Waals surface area contributed by atoms with Crippen LogP contribution in [0.2, 0.25) is 0 Å². The van der Waals surface area contributed by atoms with Crippen molar-refractivity contribution in [2.45, 2.75) is 38.5 Å². The summed E-state index contributed by atoms with van der Waals surface area (Å²) >= 11 is 1.37. The van der Waals surface area contributed by atoms with Crippen molar-refractivity contribution < 1.29 is 14.6 Å². The number of benzene rings is 2. The molecule has 0 amide bonds. The number of ketones is 1. The second-order valence-electron chi connectivity index (χ2n) is 6.69. The molecule has 0 bridgehead atoms. The van der Waals surface area contributed by atoms with Crippen LogP contribution in [0.1, 0.15) is 34.8 Å². The summed E-state index contributed by atoms with van der Waals surface area (Å²) in [5.74, 6) is 1.09. The first kappa shape index (κ1) is 21.0. The lowest BCUT2D eigenvalue weighted by Crippen LogP contribution is -2.20. The molecule has 0 saturated carbocycles. The summed E-state index contributed by atoms with van der Waals surface area (Å²) in [6, 6.07) is 13.0. The van der Waals surface area contributed by atoms with Gasteiger partial charge in [-0.3, -0.25) is 4.79 Å². The number of rotatable bonds is 9. The van der Waals surface area contributed by atoms with Crippen LogP contribution in [0.15, 0.2) is 47.6 Å². The van der Waals surface area contributed by atoms with Crippen molar-refractivity contribution in [1.29, 1.82) is 0 Å². The lowest BCUT2D eigenvalue weighted by atomic mass is 10.1. The highest BCUT2D eigenvalue weighted by atomic mass is 32.2. The zero-order chi connectivity index (χ0) is 20.8. The number of carbonyl (C=O) groups is 1. The van der Waals surface area contributed by atoms with Crippen LogP contribution in [0, 0.1) is 13.8 Å². The van der Waals surface area contributed by atoms with Crippen LogP contribution in [0.5, 0.6) is 5.75 Å². The quantitative estimate of drug-likeness (QED) is 0.425. The second kappa shape index (κ2) is 9.67. The first-order chi connectivity index (χ1) is 14.0. The Morgan fingerprint density at radius 3 is 2.52 bits per heavy atom. The maximum absolute atomic E-state index is 11.7. The largest absolute Gasteiger partial charge is 0.491 e. The van der Waals surface area contributed by atoms with E-state index in [-0.39, 0.29) is 12.4 Å². The predicted octanol–water partition coefficient (Wildman–Crippen LogP) is 3.40. The number of ether oxygens (including phenoxy) is 1. The molecule has 0 radical (unpaired) electrons. The first-order valence-electron chi connectivity index (χ1n) is 9.41. The number of tetrazole rings is 1. The van der Waals surface area contributed by atoms with Gasteiger partial charge in [0.15, 0.2) is 5.78 Å². The molecule has 0 fully saturated rings. The molecule has 3 rings (SSSR count). The fourth-order valence-electron chi connectivity index (χ4n) is 2.90. The van der Waals surface area contributed by atoms with E-state index in [0.717, 1.165) is 16.8 Å². The Morgan fingerprint density at radius 1 is 1.17 bits per heavy atom. The maximum atomic E-state index is 11.7. The van der Waals surface area contributed by atoms with Crippen LogP contribution in [0.3, 0.4) is 0 Å². The van der Waals surface area contributed by atoms with Gasteiger partial charge >= 0.3 is 0 Å². The average molecular weight is 413 g/mol. The molecule has 1 aromatic heterocycles. The smallest absolute Gasteiger partial charge is 0.214 e. The second-order valence-corrected chi connectivity index (χ2v) is 7.68. The molecule has 0 aliphatic rings. The van der Waals surface area contributed by atoms with E-state index in [0.29, 0.717) is 28.6 Å². The molecule has 0 unspecified atom stereocenters. The van der Waals surface area contributed by atoms with Gasteiger partial charge in [0.05, 0.1) is 11.8 Å². The minimum atomic E-state index is -0.694. The van der Waals surface area contributed by atoms with Gasteiger partial charge in [0.1, 0.15) is 12.4 Å². The van der Waals surface area contributed by atoms with E-state index in [4.69, 9.17) is 4.74 Å². The lowest BCUT2D eigenvalue weighted by molar-refractivity contribution is 0.0987. The minimum Gasteiger partial charge on any atom is -0.491 e. The van der Waals surface area contributed by atoms with E-state index in [1.165, 1.54) is 11.8 Å². The number of hydrogen-bond acceptors (Lipinski definition) is 7. The molecule has 0 aliphatic heterocycles. The Hall–Kier alpha value is -2.71. The van der Waals surface area contributed by atoms with Gasteiger partial charge in [0, 0.05) is 17.7 Å². The number of para-hydroxylation sites is 1. The standard InChI is InChI=1S/C21H24N4O3S/c1-4-19(27)16-8-10-18(11-9-16)28-12-17(26)13-29-21-22-23-24-25(21)20-14(2)6-5-7-15(20)3/h5-11,17,26H,4,12-13H2,1-3H3/t17-/m1/s1. The predicted molar refractivity (Wildman–Crippen MR) is 112 cm³/mol. The molecule has 0 spiro atoms. The lowest BCUT2D eigenvalue weighted by Gasteiger charge is -2.13. The highest BCUT2D eigenvalue weighted by Crippen LogP contribution is 2.24. The summed E-state index contributed by atoms with van der Waals surface area (Å²) in [6.45, 7) is 6.00. The normalized spacial score (nSPS) is 12.0. The number of aliphatic hydroxyl groups is 1. The molecule has 1 N–H and O–H groups in total. The highest BCUT2D eigenvalue weighted by molar-refractivity contribution is 7.99. The van der Waals surface area contributed by atoms with Gasteiger partial charge in [-0.25, -0.2) is 0 Å². The topological polar surface area (TPSA) is 90.1 Å². The Morgan fingerprint density at radius 2 is 1.86 bits per heavy atom. The number of carbonyl (C=O) groups excluding carboxylic acids is 1.